The Morgan fingerprint density at radius 1 is 1.25 bits per heavy atom. The summed E-state index contributed by atoms with van der Waals surface area (Å²) < 4.78 is 0. The van der Waals surface area contributed by atoms with Gasteiger partial charge in [0.15, 0.2) is 5.94 Å². The van der Waals surface area contributed by atoms with Gasteiger partial charge in [-0.05, 0) is 79.6 Å². The molecule has 1 amide bonds. The number of aromatic nitrogens is 2. The SMILES string of the molecule is CCC1=Cc2ncc(CN3CCC(c4cnc(C(=O)NC)c(C)c4)CC3)cc2NC1=C=O. The van der Waals surface area contributed by atoms with Crippen molar-refractivity contribution in [1.82, 2.24) is 20.2 Å². The Morgan fingerprint density at radius 3 is 2.69 bits per heavy atom. The van der Waals surface area contributed by atoms with E-state index in [1.54, 1.807) is 7.05 Å². The largest absolute Gasteiger partial charge is 0.354 e. The van der Waals surface area contributed by atoms with E-state index in [0.717, 1.165) is 67.0 Å². The molecule has 2 aliphatic rings. The highest BCUT2D eigenvalue weighted by molar-refractivity contribution is 5.93. The second kappa shape index (κ2) is 9.47. The Hall–Kier alpha value is -3.28. The van der Waals surface area contributed by atoms with E-state index in [1.165, 1.54) is 5.56 Å². The minimum atomic E-state index is -0.144. The van der Waals surface area contributed by atoms with Crippen LogP contribution in [0.15, 0.2) is 35.8 Å². The Balaban J connectivity index is 1.39. The summed E-state index contributed by atoms with van der Waals surface area (Å²) >= 11 is 0. The van der Waals surface area contributed by atoms with Gasteiger partial charge in [0.05, 0.1) is 11.4 Å². The van der Waals surface area contributed by atoms with Gasteiger partial charge in [-0.15, -0.1) is 0 Å². The van der Waals surface area contributed by atoms with Crippen LogP contribution in [0.5, 0.6) is 0 Å². The lowest BCUT2D eigenvalue weighted by Crippen LogP contribution is -2.32. The first kappa shape index (κ1) is 21.9. The third kappa shape index (κ3) is 4.49. The minimum absolute atomic E-state index is 0.144. The molecule has 2 aromatic heterocycles. The molecule has 0 radical (unpaired) electrons. The van der Waals surface area contributed by atoms with Crippen LogP contribution in [-0.2, 0) is 11.3 Å². The number of pyridine rings is 2. The number of aryl methyl sites for hydroxylation is 1. The minimum Gasteiger partial charge on any atom is -0.354 e. The molecule has 4 rings (SSSR count). The van der Waals surface area contributed by atoms with Crippen molar-refractivity contribution in [2.75, 3.05) is 25.5 Å². The number of carbonyl (C=O) groups is 1. The van der Waals surface area contributed by atoms with Gasteiger partial charge >= 0.3 is 0 Å². The normalized spacial score (nSPS) is 16.6. The zero-order valence-electron chi connectivity index (χ0n) is 18.9. The van der Waals surface area contributed by atoms with Gasteiger partial charge in [0.2, 0.25) is 0 Å². The van der Waals surface area contributed by atoms with Crippen LogP contribution in [0.2, 0.25) is 0 Å². The summed E-state index contributed by atoms with van der Waals surface area (Å²) in [4.78, 5) is 34.6. The van der Waals surface area contributed by atoms with Crippen LogP contribution >= 0.6 is 0 Å². The molecule has 0 spiro atoms. The Kier molecular flexibility index (Phi) is 6.49. The molecule has 2 aromatic rings. The predicted molar refractivity (Wildman–Crippen MR) is 125 cm³/mol. The fourth-order valence-corrected chi connectivity index (χ4v) is 4.50. The molecule has 7 heteroatoms. The van der Waals surface area contributed by atoms with E-state index in [1.807, 2.05) is 38.3 Å². The van der Waals surface area contributed by atoms with E-state index in [2.05, 4.69) is 37.6 Å². The maximum absolute atomic E-state index is 11.9. The molecule has 1 saturated heterocycles. The van der Waals surface area contributed by atoms with E-state index in [4.69, 9.17) is 0 Å². The molecule has 166 valence electrons. The summed E-state index contributed by atoms with van der Waals surface area (Å²) in [5, 5.41) is 5.82. The number of nitrogens with one attached hydrogen (secondary N) is 2. The maximum Gasteiger partial charge on any atom is 0.269 e. The number of likely N-dealkylation sites (tertiary alicyclic amines) is 1. The average molecular weight is 432 g/mol. The number of amides is 1. The van der Waals surface area contributed by atoms with Gasteiger partial charge in [0.25, 0.3) is 5.91 Å². The average Bonchev–Trinajstić information content (AvgIpc) is 2.83. The lowest BCUT2D eigenvalue weighted by Gasteiger charge is -2.32. The Bertz CT molecular complexity index is 1110. The van der Waals surface area contributed by atoms with Gasteiger partial charge in [-0.3, -0.25) is 19.7 Å². The zero-order chi connectivity index (χ0) is 22.7. The number of allylic oxidation sites excluding steroid dienone is 1. The van der Waals surface area contributed by atoms with E-state index in [0.29, 0.717) is 17.3 Å². The first-order chi connectivity index (χ1) is 15.5. The monoisotopic (exact) mass is 431 g/mol. The third-order valence-electron chi connectivity index (χ3n) is 6.36. The highest BCUT2D eigenvalue weighted by Gasteiger charge is 2.23. The van der Waals surface area contributed by atoms with Gasteiger partial charge in [0, 0.05) is 26.0 Å². The molecule has 7 nitrogen and oxygen atoms in total. The number of fused-ring (bicyclic) bond motifs is 1. The van der Waals surface area contributed by atoms with Crippen LogP contribution in [0.4, 0.5) is 5.69 Å². The lowest BCUT2D eigenvalue weighted by molar-refractivity contribution is 0.0957. The van der Waals surface area contributed by atoms with Crippen molar-refractivity contribution in [3.8, 4) is 0 Å². The van der Waals surface area contributed by atoms with Crippen LogP contribution in [-0.4, -0.2) is 46.9 Å². The first-order valence-corrected chi connectivity index (χ1v) is 11.1. The number of hydrogen-bond acceptors (Lipinski definition) is 6. The topological polar surface area (TPSA) is 87.2 Å². The van der Waals surface area contributed by atoms with E-state index in [9.17, 15) is 9.59 Å². The van der Waals surface area contributed by atoms with Crippen LogP contribution in [0, 0.1) is 6.92 Å². The van der Waals surface area contributed by atoms with E-state index >= 15 is 0 Å². The number of nitrogens with zero attached hydrogens (tertiary/aromatic N) is 3. The summed E-state index contributed by atoms with van der Waals surface area (Å²) in [5.74, 6) is 2.32. The first-order valence-electron chi connectivity index (χ1n) is 11.1. The van der Waals surface area contributed by atoms with Crippen molar-refractivity contribution < 1.29 is 9.59 Å². The summed E-state index contributed by atoms with van der Waals surface area (Å²) in [7, 11) is 1.62. The second-order valence-electron chi connectivity index (χ2n) is 8.47. The molecule has 0 unspecified atom stereocenters. The third-order valence-corrected chi connectivity index (χ3v) is 6.36. The van der Waals surface area contributed by atoms with Crippen LogP contribution in [0.1, 0.15) is 65.0 Å². The molecule has 0 saturated carbocycles. The molecule has 1 fully saturated rings. The van der Waals surface area contributed by atoms with Gasteiger partial charge in [-0.2, -0.15) is 0 Å². The van der Waals surface area contributed by atoms with Crippen molar-refractivity contribution in [3.05, 3.63) is 63.9 Å². The van der Waals surface area contributed by atoms with Crippen LogP contribution in [0.3, 0.4) is 0 Å². The molecule has 2 aliphatic heterocycles. The fraction of sp³-hybridized carbons (Fsp3) is 0.400. The molecular formula is C25H29N5O2. The summed E-state index contributed by atoms with van der Waals surface area (Å²) in [6.45, 7) is 6.76. The van der Waals surface area contributed by atoms with E-state index in [-0.39, 0.29) is 5.91 Å². The fourth-order valence-electron chi connectivity index (χ4n) is 4.50. The Labute approximate surface area is 188 Å². The van der Waals surface area contributed by atoms with Gasteiger partial charge in [-0.25, -0.2) is 4.79 Å². The van der Waals surface area contributed by atoms with Crippen molar-refractivity contribution in [3.63, 3.8) is 0 Å². The molecule has 4 heterocycles. The standard InChI is InChI=1S/C25H29N5O2/c1-4-18-11-21-22(29-23(18)15-31)10-17(12-27-21)14-30-7-5-19(6-8-30)20-9-16(2)24(28-13-20)25(32)26-3/h9-13,19,29H,4-8,14H2,1-3H3,(H,26,32). The van der Waals surface area contributed by atoms with Crippen molar-refractivity contribution in [2.24, 2.45) is 0 Å². The van der Waals surface area contributed by atoms with Crippen molar-refractivity contribution >= 4 is 23.6 Å². The Morgan fingerprint density at radius 2 is 2.03 bits per heavy atom. The zero-order valence-corrected chi connectivity index (χ0v) is 18.9. The van der Waals surface area contributed by atoms with Crippen molar-refractivity contribution in [1.29, 1.82) is 0 Å². The molecule has 0 atom stereocenters. The number of anilines is 1. The number of rotatable bonds is 5. The molecule has 2 N–H and O–H groups in total. The molecular weight excluding hydrogens is 402 g/mol. The van der Waals surface area contributed by atoms with Crippen LogP contribution < -0.4 is 10.6 Å². The molecule has 0 aromatic carbocycles. The summed E-state index contributed by atoms with van der Waals surface area (Å²) in [6.07, 6.45) is 8.62. The van der Waals surface area contributed by atoms with Gasteiger partial charge in [-0.1, -0.05) is 13.0 Å². The lowest BCUT2D eigenvalue weighted by atomic mass is 9.89. The summed E-state index contributed by atoms with van der Waals surface area (Å²) in [5.41, 5.74) is 6.92. The predicted octanol–water partition coefficient (Wildman–Crippen LogP) is 3.46. The number of hydrogen-bond donors (Lipinski definition) is 2. The highest BCUT2D eigenvalue weighted by Crippen LogP contribution is 2.31. The van der Waals surface area contributed by atoms with Crippen molar-refractivity contribution in [2.45, 2.75) is 45.6 Å². The van der Waals surface area contributed by atoms with Gasteiger partial charge in [0.1, 0.15) is 11.4 Å². The smallest absolute Gasteiger partial charge is 0.269 e. The maximum atomic E-state index is 11.9. The number of piperidine rings is 1. The molecule has 0 aliphatic carbocycles. The number of carbonyl (C=O) groups excluding carboxylic acids is 2. The highest BCUT2D eigenvalue weighted by atomic mass is 16.1. The van der Waals surface area contributed by atoms with E-state index < -0.39 is 0 Å². The molecule has 32 heavy (non-hydrogen) atoms. The second-order valence-corrected chi connectivity index (χ2v) is 8.47. The quantitative estimate of drug-likeness (QED) is 0.705. The summed E-state index contributed by atoms with van der Waals surface area (Å²) in [6, 6.07) is 4.19. The van der Waals surface area contributed by atoms with Gasteiger partial charge < -0.3 is 10.6 Å². The molecule has 0 bridgehead atoms. The van der Waals surface area contributed by atoms with Crippen LogP contribution in [0.25, 0.3) is 6.08 Å².